The fourth-order valence-electron chi connectivity index (χ4n) is 1.18. The van der Waals surface area contributed by atoms with Gasteiger partial charge in [-0.15, -0.1) is 13.2 Å². The number of rotatable bonds is 2. The smallest absolute Gasteiger partial charge is 0.481 e. The molecule has 1 rings (SSSR count). The van der Waals surface area contributed by atoms with Crippen molar-refractivity contribution in [2.75, 3.05) is 7.11 Å². The van der Waals surface area contributed by atoms with E-state index in [2.05, 4.69) is 14.5 Å². The van der Waals surface area contributed by atoms with E-state index < -0.39 is 24.0 Å². The first-order chi connectivity index (χ1) is 8.04. The fraction of sp³-hybridized carbons (Fsp3) is 0.444. The molecular formula is C9H7F6NO2. The van der Waals surface area contributed by atoms with E-state index >= 15 is 0 Å². The normalized spacial score (nSPS) is 12.4. The Morgan fingerprint density at radius 2 is 1.61 bits per heavy atom. The van der Waals surface area contributed by atoms with E-state index in [1.807, 2.05) is 0 Å². The molecule has 0 radical (unpaired) electrons. The standard InChI is InChI=1S/C9H7F6NO2/c1-4-3-5(8(10,11)12)7(16-6(4)17-2)18-9(13,14)15/h3H,1-2H3. The number of methoxy groups -OCH3 is 1. The van der Waals surface area contributed by atoms with Gasteiger partial charge in [0.05, 0.1) is 7.11 Å². The Bertz CT molecular complexity index is 440. The molecule has 0 saturated heterocycles. The van der Waals surface area contributed by atoms with Crippen LogP contribution in [0.2, 0.25) is 0 Å². The van der Waals surface area contributed by atoms with Crippen LogP contribution in [0.15, 0.2) is 6.07 Å². The molecule has 102 valence electrons. The first kappa shape index (κ1) is 14.4. The second-order valence-corrected chi connectivity index (χ2v) is 3.21. The number of aryl methyl sites for hydroxylation is 1. The van der Waals surface area contributed by atoms with Gasteiger partial charge in [-0.2, -0.15) is 18.2 Å². The van der Waals surface area contributed by atoms with Crippen molar-refractivity contribution >= 4 is 0 Å². The number of hydrogen-bond donors (Lipinski definition) is 0. The molecule has 0 fully saturated rings. The van der Waals surface area contributed by atoms with Gasteiger partial charge < -0.3 is 9.47 Å². The Hall–Kier alpha value is -1.67. The lowest BCUT2D eigenvalue weighted by Crippen LogP contribution is -2.21. The number of pyridine rings is 1. The molecule has 0 spiro atoms. The molecule has 0 amide bonds. The summed E-state index contributed by atoms with van der Waals surface area (Å²) in [6.07, 6.45) is -10.3. The summed E-state index contributed by atoms with van der Waals surface area (Å²) in [5, 5.41) is 0. The van der Waals surface area contributed by atoms with Crippen molar-refractivity contribution < 1.29 is 35.8 Å². The molecule has 0 atom stereocenters. The van der Waals surface area contributed by atoms with Crippen LogP contribution in [0.4, 0.5) is 26.3 Å². The van der Waals surface area contributed by atoms with Gasteiger partial charge in [-0.05, 0) is 13.0 Å². The lowest BCUT2D eigenvalue weighted by atomic mass is 10.2. The van der Waals surface area contributed by atoms with Crippen LogP contribution in [-0.4, -0.2) is 18.5 Å². The summed E-state index contributed by atoms with van der Waals surface area (Å²) in [6.45, 7) is 1.22. The fourth-order valence-corrected chi connectivity index (χ4v) is 1.18. The zero-order chi connectivity index (χ0) is 14.1. The Morgan fingerprint density at radius 1 is 1.06 bits per heavy atom. The van der Waals surface area contributed by atoms with Gasteiger partial charge >= 0.3 is 12.5 Å². The molecule has 0 saturated carbocycles. The molecular weight excluding hydrogens is 268 g/mol. The van der Waals surface area contributed by atoms with E-state index in [1.165, 1.54) is 6.92 Å². The molecule has 3 nitrogen and oxygen atoms in total. The zero-order valence-corrected chi connectivity index (χ0v) is 9.11. The molecule has 9 heteroatoms. The van der Waals surface area contributed by atoms with E-state index in [1.54, 1.807) is 0 Å². The molecule has 0 aromatic carbocycles. The van der Waals surface area contributed by atoms with Gasteiger partial charge in [0, 0.05) is 5.56 Å². The van der Waals surface area contributed by atoms with Crippen LogP contribution in [0.3, 0.4) is 0 Å². The average Bonchev–Trinajstić information content (AvgIpc) is 2.16. The minimum absolute atomic E-state index is 0.0562. The quantitative estimate of drug-likeness (QED) is 0.776. The summed E-state index contributed by atoms with van der Waals surface area (Å²) in [5.41, 5.74) is -1.67. The van der Waals surface area contributed by atoms with E-state index in [-0.39, 0.29) is 11.4 Å². The highest BCUT2D eigenvalue weighted by atomic mass is 19.4. The third-order valence-corrected chi connectivity index (χ3v) is 1.84. The lowest BCUT2D eigenvalue weighted by Gasteiger charge is -2.16. The number of aromatic nitrogens is 1. The molecule has 1 heterocycles. The maximum atomic E-state index is 12.5. The van der Waals surface area contributed by atoms with Crippen LogP contribution >= 0.6 is 0 Å². The SMILES string of the molecule is COc1nc(OC(F)(F)F)c(C(F)(F)F)cc1C. The lowest BCUT2D eigenvalue weighted by molar-refractivity contribution is -0.278. The van der Waals surface area contributed by atoms with E-state index in [0.717, 1.165) is 7.11 Å². The number of alkyl halides is 6. The van der Waals surface area contributed by atoms with Crippen LogP contribution < -0.4 is 9.47 Å². The first-order valence-electron chi connectivity index (χ1n) is 4.43. The summed E-state index contributed by atoms with van der Waals surface area (Å²) in [7, 11) is 1.07. The molecule has 0 unspecified atom stereocenters. The molecule has 0 bridgehead atoms. The number of halogens is 6. The van der Waals surface area contributed by atoms with Crippen molar-refractivity contribution in [1.82, 2.24) is 4.98 Å². The predicted octanol–water partition coefficient (Wildman–Crippen LogP) is 3.32. The van der Waals surface area contributed by atoms with Gasteiger partial charge in [-0.1, -0.05) is 0 Å². The molecule has 18 heavy (non-hydrogen) atoms. The van der Waals surface area contributed by atoms with Crippen LogP contribution in [0.5, 0.6) is 11.8 Å². The minimum atomic E-state index is -5.27. The van der Waals surface area contributed by atoms with Crippen LogP contribution in [-0.2, 0) is 6.18 Å². The van der Waals surface area contributed by atoms with Crippen molar-refractivity contribution in [3.05, 3.63) is 17.2 Å². The van der Waals surface area contributed by atoms with Gasteiger partial charge in [0.15, 0.2) is 0 Å². The largest absolute Gasteiger partial charge is 0.574 e. The Morgan fingerprint density at radius 3 is 2.00 bits per heavy atom. The summed E-state index contributed by atoms with van der Waals surface area (Å²) in [6, 6.07) is 0.479. The van der Waals surface area contributed by atoms with E-state index in [0.29, 0.717) is 6.07 Å². The Balaban J connectivity index is 3.35. The van der Waals surface area contributed by atoms with E-state index in [9.17, 15) is 26.3 Å². The number of nitrogens with zero attached hydrogens (tertiary/aromatic N) is 1. The first-order valence-corrected chi connectivity index (χ1v) is 4.43. The molecule has 0 N–H and O–H groups in total. The monoisotopic (exact) mass is 275 g/mol. The van der Waals surface area contributed by atoms with Crippen molar-refractivity contribution in [2.45, 2.75) is 19.5 Å². The number of ether oxygens (including phenoxy) is 2. The average molecular weight is 275 g/mol. The van der Waals surface area contributed by atoms with E-state index in [4.69, 9.17) is 0 Å². The highest BCUT2D eigenvalue weighted by molar-refractivity contribution is 5.38. The van der Waals surface area contributed by atoms with Crippen LogP contribution in [0.1, 0.15) is 11.1 Å². The summed E-state index contributed by atoms with van der Waals surface area (Å²) in [5.74, 6) is -1.96. The van der Waals surface area contributed by atoms with Gasteiger partial charge in [0.1, 0.15) is 5.56 Å². The highest BCUT2D eigenvalue weighted by Crippen LogP contribution is 2.39. The summed E-state index contributed by atoms with van der Waals surface area (Å²) < 4.78 is 81.2. The van der Waals surface area contributed by atoms with Crippen LogP contribution in [0, 0.1) is 6.92 Å². The van der Waals surface area contributed by atoms with Crippen molar-refractivity contribution in [1.29, 1.82) is 0 Å². The molecule has 1 aromatic rings. The zero-order valence-electron chi connectivity index (χ0n) is 9.11. The number of hydrogen-bond acceptors (Lipinski definition) is 3. The third kappa shape index (κ3) is 3.41. The molecule has 0 aliphatic heterocycles. The summed E-state index contributed by atoms with van der Waals surface area (Å²) in [4.78, 5) is 3.06. The molecule has 0 aliphatic rings. The maximum Gasteiger partial charge on any atom is 0.574 e. The second kappa shape index (κ2) is 4.54. The van der Waals surface area contributed by atoms with Gasteiger partial charge in [0.25, 0.3) is 0 Å². The minimum Gasteiger partial charge on any atom is -0.481 e. The summed E-state index contributed by atoms with van der Waals surface area (Å²) >= 11 is 0. The van der Waals surface area contributed by atoms with Crippen molar-refractivity contribution in [3.63, 3.8) is 0 Å². The van der Waals surface area contributed by atoms with Crippen LogP contribution in [0.25, 0.3) is 0 Å². The Labute approximate surface area is 97.3 Å². The van der Waals surface area contributed by atoms with Gasteiger partial charge in [0.2, 0.25) is 11.8 Å². The topological polar surface area (TPSA) is 31.4 Å². The van der Waals surface area contributed by atoms with Gasteiger partial charge in [-0.25, -0.2) is 0 Å². The maximum absolute atomic E-state index is 12.5. The Kier molecular flexibility index (Phi) is 3.63. The highest BCUT2D eigenvalue weighted by Gasteiger charge is 2.41. The predicted molar refractivity (Wildman–Crippen MR) is 47.2 cm³/mol. The van der Waals surface area contributed by atoms with Crippen molar-refractivity contribution in [3.8, 4) is 11.8 Å². The molecule has 1 aromatic heterocycles. The molecule has 0 aliphatic carbocycles. The third-order valence-electron chi connectivity index (χ3n) is 1.84. The second-order valence-electron chi connectivity index (χ2n) is 3.21. The van der Waals surface area contributed by atoms with Crippen molar-refractivity contribution in [2.24, 2.45) is 0 Å². The van der Waals surface area contributed by atoms with Gasteiger partial charge in [-0.3, -0.25) is 0 Å².